The van der Waals surface area contributed by atoms with Gasteiger partial charge in [-0.1, -0.05) is 6.92 Å². The van der Waals surface area contributed by atoms with Crippen LogP contribution in [0.2, 0.25) is 0 Å². The summed E-state index contributed by atoms with van der Waals surface area (Å²) < 4.78 is 0. The highest BCUT2D eigenvalue weighted by Crippen LogP contribution is 2.23. The molecule has 5 heteroatoms. The van der Waals surface area contributed by atoms with Crippen LogP contribution in [0.15, 0.2) is 24.0 Å². The Morgan fingerprint density at radius 2 is 2.29 bits per heavy atom. The molecule has 0 aromatic carbocycles. The average molecular weight is 248 g/mol. The van der Waals surface area contributed by atoms with E-state index in [1.165, 1.54) is 0 Å². The van der Waals surface area contributed by atoms with Crippen molar-refractivity contribution in [2.45, 2.75) is 26.3 Å². The van der Waals surface area contributed by atoms with Gasteiger partial charge in [-0.25, -0.2) is 4.98 Å². The van der Waals surface area contributed by atoms with Gasteiger partial charge in [0, 0.05) is 23.8 Å². The third kappa shape index (κ3) is 3.08. The quantitative estimate of drug-likeness (QED) is 0.883. The highest BCUT2D eigenvalue weighted by Gasteiger charge is 2.10. The van der Waals surface area contributed by atoms with E-state index in [1.807, 2.05) is 0 Å². The second-order valence-electron chi connectivity index (χ2n) is 3.84. The molecule has 0 radical (unpaired) electrons. The molecule has 1 unspecified atom stereocenters. The van der Waals surface area contributed by atoms with Gasteiger partial charge in [-0.05, 0) is 19.9 Å². The predicted octanol–water partition coefficient (Wildman–Crippen LogP) is 2.66. The van der Waals surface area contributed by atoms with Crippen molar-refractivity contribution in [3.05, 3.63) is 29.7 Å². The Balaban J connectivity index is 2.11. The molecule has 0 saturated carbocycles. The molecule has 2 aromatic rings. The summed E-state index contributed by atoms with van der Waals surface area (Å²) in [5, 5.41) is 6.43. The summed E-state index contributed by atoms with van der Waals surface area (Å²) in [6, 6.07) is 0.289. The van der Waals surface area contributed by atoms with E-state index in [0.717, 1.165) is 29.4 Å². The molecule has 2 rings (SSSR count). The summed E-state index contributed by atoms with van der Waals surface area (Å²) >= 11 is 1.61. The topological polar surface area (TPSA) is 50.7 Å². The van der Waals surface area contributed by atoms with Gasteiger partial charge in [-0.15, -0.1) is 11.3 Å². The fraction of sp³-hybridized carbons (Fsp3) is 0.417. The van der Waals surface area contributed by atoms with Crippen molar-refractivity contribution in [2.24, 2.45) is 0 Å². The van der Waals surface area contributed by atoms with Crippen molar-refractivity contribution in [1.29, 1.82) is 0 Å². The normalized spacial score (nSPS) is 12.6. The Morgan fingerprint density at radius 1 is 1.41 bits per heavy atom. The number of hydrogen-bond donors (Lipinski definition) is 1. The average Bonchev–Trinajstić information content (AvgIpc) is 2.86. The smallest absolute Gasteiger partial charge is 0.143 e. The molecule has 0 aliphatic rings. The predicted molar refractivity (Wildman–Crippen MR) is 69.8 cm³/mol. The van der Waals surface area contributed by atoms with Crippen LogP contribution in [0, 0.1) is 0 Å². The Morgan fingerprint density at radius 3 is 3.00 bits per heavy atom. The van der Waals surface area contributed by atoms with E-state index < -0.39 is 0 Å². The van der Waals surface area contributed by atoms with Crippen LogP contribution in [0.25, 0.3) is 10.7 Å². The number of rotatable bonds is 5. The van der Waals surface area contributed by atoms with Gasteiger partial charge < -0.3 is 5.32 Å². The van der Waals surface area contributed by atoms with Crippen molar-refractivity contribution in [1.82, 2.24) is 20.3 Å². The molecule has 2 heterocycles. The molecule has 17 heavy (non-hydrogen) atoms. The van der Waals surface area contributed by atoms with Crippen molar-refractivity contribution in [3.8, 4) is 10.7 Å². The molecule has 0 aliphatic carbocycles. The molecule has 4 nitrogen and oxygen atoms in total. The van der Waals surface area contributed by atoms with Crippen LogP contribution in [0.5, 0.6) is 0 Å². The summed E-state index contributed by atoms with van der Waals surface area (Å²) in [4.78, 5) is 12.9. The zero-order valence-electron chi connectivity index (χ0n) is 10.1. The lowest BCUT2D eigenvalue weighted by Gasteiger charge is -2.09. The van der Waals surface area contributed by atoms with Crippen molar-refractivity contribution in [3.63, 3.8) is 0 Å². The van der Waals surface area contributed by atoms with Crippen molar-refractivity contribution >= 4 is 11.3 Å². The molecule has 90 valence electrons. The lowest BCUT2D eigenvalue weighted by Crippen LogP contribution is -2.19. The summed E-state index contributed by atoms with van der Waals surface area (Å²) in [5.41, 5.74) is 1.91. The maximum Gasteiger partial charge on any atom is 0.143 e. The van der Waals surface area contributed by atoms with Gasteiger partial charge in [0.15, 0.2) is 0 Å². The Bertz CT molecular complexity index is 455. The molecule has 0 bridgehead atoms. The summed E-state index contributed by atoms with van der Waals surface area (Å²) in [6.45, 7) is 5.30. The van der Waals surface area contributed by atoms with Crippen LogP contribution >= 0.6 is 11.3 Å². The first-order valence-corrected chi connectivity index (χ1v) is 6.64. The standard InChI is InChI=1S/C12H16N4S/c1-3-4-14-9(2)11-8-17-12(16-11)10-7-13-5-6-15-10/h5-9,14H,3-4H2,1-2H3. The lowest BCUT2D eigenvalue weighted by atomic mass is 10.2. The number of aromatic nitrogens is 3. The fourth-order valence-corrected chi connectivity index (χ4v) is 2.35. The first-order chi connectivity index (χ1) is 8.31. The summed E-state index contributed by atoms with van der Waals surface area (Å²) in [7, 11) is 0. The third-order valence-electron chi connectivity index (χ3n) is 2.45. The molecule has 0 fully saturated rings. The van der Waals surface area contributed by atoms with Crippen LogP contribution in [-0.2, 0) is 0 Å². The third-order valence-corrected chi connectivity index (χ3v) is 3.33. The van der Waals surface area contributed by atoms with Gasteiger partial charge in [0.1, 0.15) is 10.7 Å². The van der Waals surface area contributed by atoms with E-state index in [4.69, 9.17) is 0 Å². The van der Waals surface area contributed by atoms with Gasteiger partial charge in [0.25, 0.3) is 0 Å². The summed E-state index contributed by atoms with van der Waals surface area (Å²) in [6.07, 6.45) is 6.23. The zero-order valence-corrected chi connectivity index (χ0v) is 10.9. The van der Waals surface area contributed by atoms with Crippen LogP contribution in [-0.4, -0.2) is 21.5 Å². The van der Waals surface area contributed by atoms with Crippen molar-refractivity contribution < 1.29 is 0 Å². The highest BCUT2D eigenvalue weighted by atomic mass is 32.1. The van der Waals surface area contributed by atoms with Crippen LogP contribution < -0.4 is 5.32 Å². The monoisotopic (exact) mass is 248 g/mol. The van der Waals surface area contributed by atoms with E-state index >= 15 is 0 Å². The van der Waals surface area contributed by atoms with Crippen molar-refractivity contribution in [2.75, 3.05) is 6.54 Å². The summed E-state index contributed by atoms with van der Waals surface area (Å²) in [5.74, 6) is 0. The maximum atomic E-state index is 4.59. The van der Waals surface area contributed by atoms with Crippen LogP contribution in [0.4, 0.5) is 0 Å². The van der Waals surface area contributed by atoms with Gasteiger partial charge in [-0.2, -0.15) is 0 Å². The first kappa shape index (κ1) is 12.1. The SMILES string of the molecule is CCCNC(C)c1csc(-c2cnccn2)n1. The molecule has 0 saturated heterocycles. The number of nitrogens with one attached hydrogen (secondary N) is 1. The van der Waals surface area contributed by atoms with E-state index in [1.54, 1.807) is 29.9 Å². The largest absolute Gasteiger partial charge is 0.309 e. The first-order valence-electron chi connectivity index (χ1n) is 5.76. The molecule has 0 amide bonds. The van der Waals surface area contributed by atoms with Crippen LogP contribution in [0.1, 0.15) is 32.0 Å². The lowest BCUT2D eigenvalue weighted by molar-refractivity contribution is 0.561. The minimum atomic E-state index is 0.289. The van der Waals surface area contributed by atoms with E-state index in [0.29, 0.717) is 0 Å². The molecule has 1 atom stereocenters. The number of thiazole rings is 1. The maximum absolute atomic E-state index is 4.59. The van der Waals surface area contributed by atoms with Gasteiger partial charge in [-0.3, -0.25) is 9.97 Å². The minimum Gasteiger partial charge on any atom is -0.309 e. The van der Waals surface area contributed by atoms with E-state index in [9.17, 15) is 0 Å². The molecular weight excluding hydrogens is 232 g/mol. The second kappa shape index (κ2) is 5.84. The molecule has 0 spiro atoms. The van der Waals surface area contributed by atoms with Gasteiger partial charge in [0.05, 0.1) is 11.9 Å². The Hall–Kier alpha value is -1.33. The molecular formula is C12H16N4S. The fourth-order valence-electron chi connectivity index (χ4n) is 1.48. The minimum absolute atomic E-state index is 0.289. The highest BCUT2D eigenvalue weighted by molar-refractivity contribution is 7.13. The van der Waals surface area contributed by atoms with Gasteiger partial charge >= 0.3 is 0 Å². The number of nitrogens with zero attached hydrogens (tertiary/aromatic N) is 3. The number of hydrogen-bond acceptors (Lipinski definition) is 5. The van der Waals surface area contributed by atoms with Crippen LogP contribution in [0.3, 0.4) is 0 Å². The molecule has 0 aliphatic heterocycles. The zero-order chi connectivity index (χ0) is 12.1. The molecule has 2 aromatic heterocycles. The van der Waals surface area contributed by atoms with E-state index in [-0.39, 0.29) is 6.04 Å². The Kier molecular flexibility index (Phi) is 4.17. The van der Waals surface area contributed by atoms with E-state index in [2.05, 4.69) is 39.5 Å². The van der Waals surface area contributed by atoms with Gasteiger partial charge in [0.2, 0.25) is 0 Å². The molecule has 1 N–H and O–H groups in total. The Labute approximate surface area is 105 Å². The second-order valence-corrected chi connectivity index (χ2v) is 4.70.